The number of nitrogens with zero attached hydrogens (tertiary/aromatic N) is 2. The zero-order chi connectivity index (χ0) is 19.8. The van der Waals surface area contributed by atoms with Crippen LogP contribution in [-0.4, -0.2) is 26.5 Å². The average molecular weight is 396 g/mol. The molecule has 1 aliphatic rings. The molecule has 0 fully saturated rings. The summed E-state index contributed by atoms with van der Waals surface area (Å²) in [6.07, 6.45) is 2.56. The molecule has 1 aromatic heterocycles. The van der Waals surface area contributed by atoms with Crippen LogP contribution in [0.15, 0.2) is 47.3 Å². The van der Waals surface area contributed by atoms with E-state index < -0.39 is 11.9 Å². The van der Waals surface area contributed by atoms with Crippen LogP contribution in [0.25, 0.3) is 22.6 Å². The van der Waals surface area contributed by atoms with Crippen molar-refractivity contribution in [2.45, 2.75) is 13.0 Å². The van der Waals surface area contributed by atoms with Crippen molar-refractivity contribution in [3.63, 3.8) is 0 Å². The summed E-state index contributed by atoms with van der Waals surface area (Å²) in [5.41, 5.74) is 2.17. The average Bonchev–Trinajstić information content (AvgIpc) is 3.06. The van der Waals surface area contributed by atoms with E-state index in [0.717, 1.165) is 11.1 Å². The summed E-state index contributed by atoms with van der Waals surface area (Å²) in [6.45, 7) is 0.519. The Morgan fingerprint density at radius 2 is 2.00 bits per heavy atom. The number of benzene rings is 2. The fraction of sp³-hybridized carbons (Fsp3) is 0.100. The molecule has 7 nitrogen and oxygen atoms in total. The zero-order valence-corrected chi connectivity index (χ0v) is 15.2. The van der Waals surface area contributed by atoms with Gasteiger partial charge in [-0.3, -0.25) is 14.2 Å². The maximum Gasteiger partial charge on any atom is 0.394 e. The third-order valence-corrected chi connectivity index (χ3v) is 4.88. The van der Waals surface area contributed by atoms with Crippen molar-refractivity contribution in [1.29, 1.82) is 0 Å². The molecular weight excluding hydrogens is 382 g/mol. The van der Waals surface area contributed by atoms with E-state index in [0.29, 0.717) is 34.7 Å². The van der Waals surface area contributed by atoms with Crippen LogP contribution in [0.5, 0.6) is 0 Å². The van der Waals surface area contributed by atoms with E-state index in [1.807, 2.05) is 24.3 Å². The fourth-order valence-electron chi connectivity index (χ4n) is 3.20. The fourth-order valence-corrected chi connectivity index (χ4v) is 3.39. The molecule has 0 bridgehead atoms. The summed E-state index contributed by atoms with van der Waals surface area (Å²) >= 11 is 6.23. The van der Waals surface area contributed by atoms with Crippen LogP contribution >= 0.6 is 11.6 Å². The highest BCUT2D eigenvalue weighted by Gasteiger charge is 2.21. The van der Waals surface area contributed by atoms with Gasteiger partial charge in [-0.25, -0.2) is 9.78 Å². The summed E-state index contributed by atoms with van der Waals surface area (Å²) < 4.78 is 1.61. The Morgan fingerprint density at radius 3 is 2.75 bits per heavy atom. The minimum Gasteiger partial charge on any atom is -0.474 e. The normalized spacial score (nSPS) is 14.2. The van der Waals surface area contributed by atoms with Gasteiger partial charge in [0.1, 0.15) is 5.82 Å². The lowest BCUT2D eigenvalue weighted by Crippen LogP contribution is -2.23. The van der Waals surface area contributed by atoms with E-state index in [9.17, 15) is 14.4 Å². The number of amides is 1. The van der Waals surface area contributed by atoms with E-state index in [4.69, 9.17) is 16.7 Å². The van der Waals surface area contributed by atoms with Crippen molar-refractivity contribution >= 4 is 51.7 Å². The minimum absolute atomic E-state index is 0.182. The van der Waals surface area contributed by atoms with Crippen molar-refractivity contribution in [3.05, 3.63) is 69.2 Å². The second-order valence-electron chi connectivity index (χ2n) is 6.32. The van der Waals surface area contributed by atoms with Gasteiger partial charge in [0.05, 0.1) is 10.9 Å². The number of carboxylic acids is 1. The maximum absolute atomic E-state index is 12.8. The predicted molar refractivity (Wildman–Crippen MR) is 106 cm³/mol. The largest absolute Gasteiger partial charge is 0.474 e. The molecule has 0 saturated heterocycles. The number of carbonyl (C=O) groups excluding carboxylic acids is 1. The van der Waals surface area contributed by atoms with Crippen LogP contribution < -0.4 is 10.9 Å². The molecule has 4 rings (SSSR count). The van der Waals surface area contributed by atoms with Gasteiger partial charge in [0.15, 0.2) is 0 Å². The molecule has 140 valence electrons. The second kappa shape index (κ2) is 6.94. The van der Waals surface area contributed by atoms with Crippen LogP contribution in [0.4, 0.5) is 5.69 Å². The van der Waals surface area contributed by atoms with E-state index in [1.54, 1.807) is 10.6 Å². The molecule has 0 radical (unpaired) electrons. The van der Waals surface area contributed by atoms with Gasteiger partial charge in [-0.05, 0) is 47.9 Å². The quantitative estimate of drug-likeness (QED) is 0.649. The number of carboxylic acid groups (broad SMARTS) is 1. The lowest BCUT2D eigenvalue weighted by Gasteiger charge is -2.08. The summed E-state index contributed by atoms with van der Waals surface area (Å²) in [7, 11) is 0. The van der Waals surface area contributed by atoms with Crippen molar-refractivity contribution in [2.75, 3.05) is 5.32 Å². The molecule has 2 aromatic carbocycles. The molecule has 8 heteroatoms. The number of allylic oxidation sites excluding steroid dienone is 1. The first-order valence-corrected chi connectivity index (χ1v) is 8.86. The molecule has 2 heterocycles. The van der Waals surface area contributed by atoms with Crippen LogP contribution in [-0.2, 0) is 16.1 Å². The molecule has 0 spiro atoms. The Bertz CT molecular complexity index is 1230. The first-order chi connectivity index (χ1) is 13.4. The van der Waals surface area contributed by atoms with Gasteiger partial charge < -0.3 is 10.4 Å². The van der Waals surface area contributed by atoms with Crippen LogP contribution in [0.1, 0.15) is 17.8 Å². The number of nitrogens with one attached hydrogen (secondary N) is 1. The zero-order valence-electron chi connectivity index (χ0n) is 14.5. The lowest BCUT2D eigenvalue weighted by molar-refractivity contribution is -0.147. The van der Waals surface area contributed by atoms with Crippen molar-refractivity contribution in [2.24, 2.45) is 0 Å². The number of rotatable bonds is 2. The third kappa shape index (κ3) is 3.16. The van der Waals surface area contributed by atoms with Crippen LogP contribution in [0.2, 0.25) is 5.02 Å². The van der Waals surface area contributed by atoms with Gasteiger partial charge in [0.2, 0.25) is 0 Å². The number of aromatic nitrogens is 2. The van der Waals surface area contributed by atoms with Gasteiger partial charge in [0.25, 0.3) is 5.56 Å². The number of hydrogen-bond donors (Lipinski definition) is 2. The van der Waals surface area contributed by atoms with Crippen molar-refractivity contribution < 1.29 is 14.7 Å². The summed E-state index contributed by atoms with van der Waals surface area (Å²) in [5.74, 6) is -2.21. The molecule has 0 atom stereocenters. The van der Waals surface area contributed by atoms with Crippen LogP contribution in [0, 0.1) is 0 Å². The molecular formula is C20H14ClN3O4. The van der Waals surface area contributed by atoms with Crippen molar-refractivity contribution in [3.8, 4) is 0 Å². The monoisotopic (exact) mass is 395 g/mol. The van der Waals surface area contributed by atoms with Gasteiger partial charge in [-0.1, -0.05) is 29.8 Å². The Kier molecular flexibility index (Phi) is 4.44. The maximum atomic E-state index is 12.8. The van der Waals surface area contributed by atoms with E-state index in [-0.39, 0.29) is 11.2 Å². The summed E-state index contributed by atoms with van der Waals surface area (Å²) in [4.78, 5) is 39.5. The number of hydrogen-bond acceptors (Lipinski definition) is 4. The Morgan fingerprint density at radius 1 is 1.21 bits per heavy atom. The molecule has 1 aliphatic heterocycles. The highest BCUT2D eigenvalue weighted by atomic mass is 35.5. The van der Waals surface area contributed by atoms with Gasteiger partial charge in [-0.2, -0.15) is 0 Å². The first kappa shape index (κ1) is 17.9. The standard InChI is InChI=1S/C20H14ClN3O4/c21-15-4-2-1-3-11(15)9-12-7-8-24-17(12)23-16-10-13(22-18(25)20(27)28)5-6-14(16)19(24)26/h1-6,9-10H,7-8H2,(H,22,25)(H,27,28)/b12-9+. The molecule has 2 N–H and O–H groups in total. The predicted octanol–water partition coefficient (Wildman–Crippen LogP) is 3.02. The topological polar surface area (TPSA) is 101 Å². The number of halogens is 1. The molecule has 1 amide bonds. The molecule has 0 saturated carbocycles. The lowest BCUT2D eigenvalue weighted by atomic mass is 10.1. The number of anilines is 1. The van der Waals surface area contributed by atoms with Crippen molar-refractivity contribution in [1.82, 2.24) is 9.55 Å². The highest BCUT2D eigenvalue weighted by Crippen LogP contribution is 2.29. The summed E-state index contributed by atoms with van der Waals surface area (Å²) in [6, 6.07) is 11.9. The highest BCUT2D eigenvalue weighted by molar-refractivity contribution is 6.36. The Hall–Kier alpha value is -3.45. The van der Waals surface area contributed by atoms with E-state index in [1.165, 1.54) is 18.2 Å². The Labute approximate surface area is 163 Å². The van der Waals surface area contributed by atoms with Gasteiger partial charge in [-0.15, -0.1) is 0 Å². The molecule has 3 aromatic rings. The Balaban J connectivity index is 1.81. The van der Waals surface area contributed by atoms with Gasteiger partial charge in [0, 0.05) is 17.3 Å². The number of aliphatic carboxylic acids is 1. The third-order valence-electron chi connectivity index (χ3n) is 4.53. The second-order valence-corrected chi connectivity index (χ2v) is 6.73. The first-order valence-electron chi connectivity index (χ1n) is 8.48. The van der Waals surface area contributed by atoms with Crippen LogP contribution in [0.3, 0.4) is 0 Å². The van der Waals surface area contributed by atoms with E-state index >= 15 is 0 Å². The molecule has 0 unspecified atom stereocenters. The smallest absolute Gasteiger partial charge is 0.394 e. The SMILES string of the molecule is O=C(O)C(=O)Nc1ccc2c(=O)n3c(nc2c1)/C(=C/c1ccccc1Cl)CC3. The minimum atomic E-state index is -1.59. The number of carbonyl (C=O) groups is 2. The summed E-state index contributed by atoms with van der Waals surface area (Å²) in [5, 5.41) is 12.0. The molecule has 0 aliphatic carbocycles. The number of fused-ring (bicyclic) bond motifs is 2. The molecule has 28 heavy (non-hydrogen) atoms. The van der Waals surface area contributed by atoms with E-state index in [2.05, 4.69) is 10.3 Å². The van der Waals surface area contributed by atoms with Gasteiger partial charge >= 0.3 is 11.9 Å².